The number of methoxy groups -OCH3 is 2. The van der Waals surface area contributed by atoms with E-state index in [1.54, 1.807) is 42.5 Å². The molecule has 0 saturated carbocycles. The van der Waals surface area contributed by atoms with E-state index in [2.05, 4.69) is 5.32 Å². The summed E-state index contributed by atoms with van der Waals surface area (Å²) in [4.78, 5) is 35.8. The largest absolute Gasteiger partial charge is 0.493 e. The van der Waals surface area contributed by atoms with Crippen LogP contribution in [0.25, 0.3) is 0 Å². The molecule has 1 atom stereocenters. The number of benzene rings is 2. The van der Waals surface area contributed by atoms with Crippen LogP contribution in [0.15, 0.2) is 42.5 Å². The van der Waals surface area contributed by atoms with Gasteiger partial charge in [0.05, 0.1) is 20.6 Å². The Kier molecular flexibility index (Phi) is 7.14. The maximum atomic E-state index is 12.3. The van der Waals surface area contributed by atoms with Crippen LogP contribution in [0.3, 0.4) is 0 Å². The maximum Gasteiger partial charge on any atom is 0.311 e. The molecule has 0 radical (unpaired) electrons. The first-order valence-corrected chi connectivity index (χ1v) is 8.66. The van der Waals surface area contributed by atoms with Crippen molar-refractivity contribution in [2.75, 3.05) is 19.5 Å². The van der Waals surface area contributed by atoms with Crippen molar-refractivity contribution in [2.45, 2.75) is 26.4 Å². The number of hydrogen-bond acceptors (Lipinski definition) is 6. The van der Waals surface area contributed by atoms with Crippen molar-refractivity contribution >= 4 is 23.3 Å². The van der Waals surface area contributed by atoms with Crippen LogP contribution in [0, 0.1) is 0 Å². The van der Waals surface area contributed by atoms with Crippen molar-refractivity contribution < 1.29 is 28.6 Å². The number of Topliss-reactive ketones (excluding diaryl/α,β-unsaturated/α-hetero) is 1. The zero-order valence-corrected chi connectivity index (χ0v) is 16.3. The van der Waals surface area contributed by atoms with Gasteiger partial charge in [0.2, 0.25) is 0 Å². The van der Waals surface area contributed by atoms with Gasteiger partial charge < -0.3 is 19.5 Å². The Morgan fingerprint density at radius 1 is 1.00 bits per heavy atom. The van der Waals surface area contributed by atoms with Crippen LogP contribution < -0.4 is 14.8 Å². The highest BCUT2D eigenvalue weighted by atomic mass is 16.5. The fourth-order valence-electron chi connectivity index (χ4n) is 2.51. The molecule has 0 aliphatic rings. The smallest absolute Gasteiger partial charge is 0.311 e. The first-order chi connectivity index (χ1) is 13.3. The molecule has 0 aliphatic heterocycles. The van der Waals surface area contributed by atoms with Gasteiger partial charge in [0.25, 0.3) is 5.91 Å². The Labute approximate surface area is 163 Å². The summed E-state index contributed by atoms with van der Waals surface area (Å²) in [7, 11) is 3.03. The third kappa shape index (κ3) is 5.57. The Bertz CT molecular complexity index is 877. The first kappa shape index (κ1) is 21.0. The van der Waals surface area contributed by atoms with E-state index in [-0.39, 0.29) is 12.2 Å². The second kappa shape index (κ2) is 9.55. The van der Waals surface area contributed by atoms with E-state index in [1.165, 1.54) is 28.1 Å². The standard InChI is InChI=1S/C21H23NO6/c1-13(23)16-6-5-7-17(12-16)22-21(25)14(2)28-20(24)11-15-8-9-18(26-3)19(10-15)27-4/h5-10,12,14H,11H2,1-4H3,(H,22,25)/t14-/m1/s1. The zero-order valence-electron chi connectivity index (χ0n) is 16.3. The summed E-state index contributed by atoms with van der Waals surface area (Å²) < 4.78 is 15.6. The minimum Gasteiger partial charge on any atom is -0.493 e. The van der Waals surface area contributed by atoms with Crippen molar-refractivity contribution in [1.82, 2.24) is 0 Å². The van der Waals surface area contributed by atoms with Gasteiger partial charge in [0.15, 0.2) is 23.4 Å². The second-order valence-electron chi connectivity index (χ2n) is 6.12. The third-order valence-corrected chi connectivity index (χ3v) is 4.01. The van der Waals surface area contributed by atoms with E-state index in [1.807, 2.05) is 0 Å². The number of amides is 1. The van der Waals surface area contributed by atoms with Crippen LogP contribution in [-0.2, 0) is 20.7 Å². The van der Waals surface area contributed by atoms with E-state index in [0.717, 1.165) is 0 Å². The molecule has 7 nitrogen and oxygen atoms in total. The van der Waals surface area contributed by atoms with E-state index in [9.17, 15) is 14.4 Å². The van der Waals surface area contributed by atoms with Crippen LogP contribution in [0.4, 0.5) is 5.69 Å². The highest BCUT2D eigenvalue weighted by Crippen LogP contribution is 2.27. The lowest BCUT2D eigenvalue weighted by atomic mass is 10.1. The molecule has 0 aliphatic carbocycles. The highest BCUT2D eigenvalue weighted by Gasteiger charge is 2.19. The van der Waals surface area contributed by atoms with Gasteiger partial charge in [0, 0.05) is 11.3 Å². The summed E-state index contributed by atoms with van der Waals surface area (Å²) >= 11 is 0. The van der Waals surface area contributed by atoms with E-state index in [0.29, 0.717) is 28.3 Å². The lowest BCUT2D eigenvalue weighted by Gasteiger charge is -2.14. The number of carbonyl (C=O) groups is 3. The topological polar surface area (TPSA) is 90.9 Å². The summed E-state index contributed by atoms with van der Waals surface area (Å²) in [6.45, 7) is 2.93. The predicted molar refractivity (Wildman–Crippen MR) is 104 cm³/mol. The summed E-state index contributed by atoms with van der Waals surface area (Å²) in [6.07, 6.45) is -1.01. The number of rotatable bonds is 8. The number of esters is 1. The Balaban J connectivity index is 1.95. The Hall–Kier alpha value is -3.35. The van der Waals surface area contributed by atoms with Gasteiger partial charge in [-0.1, -0.05) is 18.2 Å². The number of carbonyl (C=O) groups excluding carboxylic acids is 3. The molecule has 7 heteroatoms. The molecule has 0 aromatic heterocycles. The molecule has 1 amide bonds. The fraction of sp³-hybridized carbons (Fsp3) is 0.286. The van der Waals surface area contributed by atoms with Gasteiger partial charge in [-0.3, -0.25) is 14.4 Å². The predicted octanol–water partition coefficient (Wildman–Crippen LogP) is 3.02. The molecule has 0 saturated heterocycles. The summed E-state index contributed by atoms with van der Waals surface area (Å²) in [5.74, 6) is -0.0803. The lowest BCUT2D eigenvalue weighted by Crippen LogP contribution is -2.30. The van der Waals surface area contributed by atoms with Crippen LogP contribution in [-0.4, -0.2) is 38.0 Å². The molecule has 0 fully saturated rings. The second-order valence-corrected chi connectivity index (χ2v) is 6.12. The molecule has 2 aromatic carbocycles. The fourth-order valence-corrected chi connectivity index (χ4v) is 2.51. The van der Waals surface area contributed by atoms with E-state index in [4.69, 9.17) is 14.2 Å². The van der Waals surface area contributed by atoms with E-state index < -0.39 is 18.0 Å². The number of hydrogen-bond donors (Lipinski definition) is 1. The average Bonchev–Trinajstić information content (AvgIpc) is 2.67. The molecule has 28 heavy (non-hydrogen) atoms. The number of ether oxygens (including phenoxy) is 3. The number of anilines is 1. The summed E-state index contributed by atoms with van der Waals surface area (Å²) in [5, 5.41) is 2.63. The molecule has 148 valence electrons. The van der Waals surface area contributed by atoms with Crippen LogP contribution >= 0.6 is 0 Å². The molecule has 1 N–H and O–H groups in total. The van der Waals surface area contributed by atoms with Crippen LogP contribution in [0.5, 0.6) is 11.5 Å². The quantitative estimate of drug-likeness (QED) is 0.555. The third-order valence-electron chi connectivity index (χ3n) is 4.01. The zero-order chi connectivity index (χ0) is 20.7. The van der Waals surface area contributed by atoms with Crippen molar-refractivity contribution in [1.29, 1.82) is 0 Å². The number of ketones is 1. The maximum absolute atomic E-state index is 12.3. The summed E-state index contributed by atoms with van der Waals surface area (Å²) in [6, 6.07) is 11.6. The molecule has 0 bridgehead atoms. The number of nitrogens with one attached hydrogen (secondary N) is 1. The SMILES string of the molecule is COc1ccc(CC(=O)O[C@H](C)C(=O)Nc2cccc(C(C)=O)c2)cc1OC. The van der Waals surface area contributed by atoms with Crippen LogP contribution in [0.2, 0.25) is 0 Å². The van der Waals surface area contributed by atoms with E-state index >= 15 is 0 Å². The van der Waals surface area contributed by atoms with Crippen molar-refractivity contribution in [3.63, 3.8) is 0 Å². The molecule has 0 spiro atoms. The van der Waals surface area contributed by atoms with Crippen molar-refractivity contribution in [3.05, 3.63) is 53.6 Å². The Morgan fingerprint density at radius 2 is 1.71 bits per heavy atom. The van der Waals surface area contributed by atoms with Crippen molar-refractivity contribution in [2.24, 2.45) is 0 Å². The molecule has 2 rings (SSSR count). The lowest BCUT2D eigenvalue weighted by molar-refractivity contribution is -0.152. The van der Waals surface area contributed by atoms with Gasteiger partial charge in [0.1, 0.15) is 0 Å². The van der Waals surface area contributed by atoms with Gasteiger partial charge in [-0.05, 0) is 43.7 Å². The van der Waals surface area contributed by atoms with Crippen LogP contribution in [0.1, 0.15) is 29.8 Å². The Morgan fingerprint density at radius 3 is 2.36 bits per heavy atom. The normalized spacial score (nSPS) is 11.3. The van der Waals surface area contributed by atoms with Gasteiger partial charge in [-0.2, -0.15) is 0 Å². The molecule has 0 unspecified atom stereocenters. The molecular formula is C21H23NO6. The minimum atomic E-state index is -0.992. The molecule has 0 heterocycles. The average molecular weight is 385 g/mol. The van der Waals surface area contributed by atoms with Gasteiger partial charge in [-0.25, -0.2) is 0 Å². The summed E-state index contributed by atoms with van der Waals surface area (Å²) in [5.41, 5.74) is 1.61. The first-order valence-electron chi connectivity index (χ1n) is 8.66. The highest BCUT2D eigenvalue weighted by molar-refractivity contribution is 5.98. The molecule has 2 aromatic rings. The van der Waals surface area contributed by atoms with Crippen molar-refractivity contribution in [3.8, 4) is 11.5 Å². The van der Waals surface area contributed by atoms with Gasteiger partial charge >= 0.3 is 5.97 Å². The molecular weight excluding hydrogens is 362 g/mol. The minimum absolute atomic E-state index is 0.0161. The monoisotopic (exact) mass is 385 g/mol. The van der Waals surface area contributed by atoms with Gasteiger partial charge in [-0.15, -0.1) is 0 Å².